The first-order chi connectivity index (χ1) is 13.1. The quantitative estimate of drug-likeness (QED) is 0.311. The molecule has 2 atom stereocenters. The highest BCUT2D eigenvalue weighted by Crippen LogP contribution is 2.17. The number of nitrogens with one attached hydrogen (secondary N) is 2. The van der Waals surface area contributed by atoms with Gasteiger partial charge in [0, 0.05) is 30.5 Å². The molecular weight excluding hydrogens is 491 g/mol. The molecule has 3 N–H and O–H groups in total. The number of hydrogen-bond acceptors (Lipinski definition) is 4. The van der Waals surface area contributed by atoms with Crippen LogP contribution in [0.5, 0.6) is 0 Å². The molecule has 7 nitrogen and oxygen atoms in total. The smallest absolute Gasteiger partial charge is 0.191 e. The van der Waals surface area contributed by atoms with Crippen LogP contribution in [-0.4, -0.2) is 45.0 Å². The molecule has 154 valence electrons. The molecule has 0 radical (unpaired) electrons. The normalized spacial score (nSPS) is 17.4. The Balaban J connectivity index is 0.00000280. The van der Waals surface area contributed by atoms with E-state index in [0.717, 1.165) is 49.6 Å². The van der Waals surface area contributed by atoms with E-state index in [1.807, 2.05) is 23.7 Å². The summed E-state index contributed by atoms with van der Waals surface area (Å²) in [7, 11) is 0. The van der Waals surface area contributed by atoms with Crippen molar-refractivity contribution < 1.29 is 5.11 Å². The van der Waals surface area contributed by atoms with Gasteiger partial charge in [0.1, 0.15) is 5.82 Å². The van der Waals surface area contributed by atoms with Crippen molar-refractivity contribution in [3.63, 3.8) is 0 Å². The minimum Gasteiger partial charge on any atom is -0.386 e. The predicted molar refractivity (Wildman–Crippen MR) is 122 cm³/mol. The van der Waals surface area contributed by atoms with Crippen molar-refractivity contribution in [1.82, 2.24) is 25.4 Å². The van der Waals surface area contributed by atoms with Gasteiger partial charge in [-0.25, -0.2) is 9.67 Å². The van der Waals surface area contributed by atoms with Crippen LogP contribution in [0.2, 0.25) is 5.02 Å². The van der Waals surface area contributed by atoms with Crippen LogP contribution in [-0.2, 0) is 19.4 Å². The topological polar surface area (TPSA) is 87.4 Å². The van der Waals surface area contributed by atoms with Gasteiger partial charge in [0.05, 0.1) is 19.2 Å². The van der Waals surface area contributed by atoms with Crippen molar-refractivity contribution in [3.05, 3.63) is 46.5 Å². The van der Waals surface area contributed by atoms with Gasteiger partial charge in [-0.3, -0.25) is 4.99 Å². The van der Waals surface area contributed by atoms with Crippen LogP contribution in [0.3, 0.4) is 0 Å². The summed E-state index contributed by atoms with van der Waals surface area (Å²) in [5, 5.41) is 22.3. The van der Waals surface area contributed by atoms with E-state index in [4.69, 9.17) is 11.6 Å². The summed E-state index contributed by atoms with van der Waals surface area (Å²) < 4.78 is 1.99. The number of fused-ring (bicyclic) bond motifs is 1. The Bertz CT molecular complexity index is 779. The molecule has 0 amide bonds. The number of rotatable bonds is 6. The predicted octanol–water partition coefficient (Wildman–Crippen LogP) is 2.72. The lowest BCUT2D eigenvalue weighted by atomic mass is 10.1. The highest BCUT2D eigenvalue weighted by molar-refractivity contribution is 14.0. The molecule has 2 aromatic rings. The van der Waals surface area contributed by atoms with Crippen LogP contribution in [0.1, 0.15) is 43.6 Å². The first-order valence-electron chi connectivity index (χ1n) is 9.50. The minimum absolute atomic E-state index is 0. The van der Waals surface area contributed by atoms with Crippen molar-refractivity contribution in [2.24, 2.45) is 4.99 Å². The van der Waals surface area contributed by atoms with E-state index < -0.39 is 6.10 Å². The fraction of sp³-hybridized carbons (Fsp3) is 0.526. The highest BCUT2D eigenvalue weighted by Gasteiger charge is 2.22. The van der Waals surface area contributed by atoms with Crippen molar-refractivity contribution in [3.8, 4) is 0 Å². The molecule has 0 fully saturated rings. The molecule has 0 spiro atoms. The molecule has 1 aliphatic heterocycles. The van der Waals surface area contributed by atoms with Gasteiger partial charge in [-0.1, -0.05) is 30.7 Å². The SMILES string of the molecule is CCNC(=NCC(O)c1ccc(Cl)cc1)NC1CCc2nc(CC)nn2C1.I. The molecular formula is C19H28ClIN6O. The highest BCUT2D eigenvalue weighted by atomic mass is 127. The number of aliphatic imine (C=N–C) groups is 1. The molecule has 28 heavy (non-hydrogen) atoms. The van der Waals surface area contributed by atoms with E-state index in [2.05, 4.69) is 32.6 Å². The minimum atomic E-state index is -0.668. The molecule has 3 rings (SSSR count). The van der Waals surface area contributed by atoms with E-state index in [-0.39, 0.29) is 36.6 Å². The maximum Gasteiger partial charge on any atom is 0.191 e. The first-order valence-corrected chi connectivity index (χ1v) is 9.87. The van der Waals surface area contributed by atoms with E-state index >= 15 is 0 Å². The molecule has 1 aromatic heterocycles. The zero-order valence-electron chi connectivity index (χ0n) is 16.2. The number of nitrogens with zero attached hydrogens (tertiary/aromatic N) is 4. The Hall–Kier alpha value is -1.39. The number of aryl methyl sites for hydroxylation is 2. The Morgan fingerprint density at radius 3 is 2.79 bits per heavy atom. The van der Waals surface area contributed by atoms with E-state index in [1.165, 1.54) is 0 Å². The number of aromatic nitrogens is 3. The molecule has 2 unspecified atom stereocenters. The van der Waals surface area contributed by atoms with Gasteiger partial charge in [0.2, 0.25) is 0 Å². The van der Waals surface area contributed by atoms with Crippen molar-refractivity contribution >= 4 is 41.5 Å². The molecule has 0 saturated heterocycles. The molecule has 1 aromatic carbocycles. The van der Waals surface area contributed by atoms with Gasteiger partial charge in [0.15, 0.2) is 11.8 Å². The summed E-state index contributed by atoms with van der Waals surface area (Å²) in [6.45, 7) is 5.89. The van der Waals surface area contributed by atoms with Gasteiger partial charge in [-0.2, -0.15) is 5.10 Å². The lowest BCUT2D eigenvalue weighted by molar-refractivity contribution is 0.187. The average Bonchev–Trinajstić information content (AvgIpc) is 3.09. The van der Waals surface area contributed by atoms with E-state index in [0.29, 0.717) is 11.0 Å². The maximum atomic E-state index is 10.4. The van der Waals surface area contributed by atoms with Gasteiger partial charge in [-0.05, 0) is 31.0 Å². The number of aliphatic hydroxyl groups excluding tert-OH is 1. The molecule has 0 bridgehead atoms. The number of guanidine groups is 1. The third-order valence-electron chi connectivity index (χ3n) is 4.58. The van der Waals surface area contributed by atoms with E-state index in [9.17, 15) is 5.11 Å². The van der Waals surface area contributed by atoms with Crippen LogP contribution in [0, 0.1) is 0 Å². The molecule has 2 heterocycles. The lowest BCUT2D eigenvalue weighted by Gasteiger charge is -2.25. The number of aliphatic hydroxyl groups is 1. The first kappa shape index (κ1) is 22.9. The van der Waals surface area contributed by atoms with Crippen LogP contribution >= 0.6 is 35.6 Å². The average molecular weight is 519 g/mol. The zero-order valence-corrected chi connectivity index (χ0v) is 19.3. The Kier molecular flexibility index (Phi) is 8.97. The van der Waals surface area contributed by atoms with E-state index in [1.54, 1.807) is 12.1 Å². The summed E-state index contributed by atoms with van der Waals surface area (Å²) in [5.74, 6) is 2.66. The van der Waals surface area contributed by atoms with Crippen molar-refractivity contribution in [2.75, 3.05) is 13.1 Å². The third-order valence-corrected chi connectivity index (χ3v) is 4.83. The standard InChI is InChI=1S/C19H27ClN6O.HI/c1-3-17-24-18-10-9-15(12-26(18)25-17)23-19(21-4-2)22-11-16(27)13-5-7-14(20)8-6-13;/h5-8,15-16,27H,3-4,9-12H2,1-2H3,(H2,21,22,23);1H. The largest absolute Gasteiger partial charge is 0.386 e. The van der Waals surface area contributed by atoms with Crippen LogP contribution in [0.4, 0.5) is 0 Å². The Morgan fingerprint density at radius 2 is 2.11 bits per heavy atom. The second-order valence-corrected chi connectivity index (χ2v) is 7.08. The third kappa shape index (κ3) is 6.05. The van der Waals surface area contributed by atoms with Crippen LogP contribution in [0.25, 0.3) is 0 Å². The number of hydrogen-bond donors (Lipinski definition) is 3. The Morgan fingerprint density at radius 1 is 1.36 bits per heavy atom. The van der Waals surface area contributed by atoms with Gasteiger partial charge in [0.25, 0.3) is 0 Å². The fourth-order valence-electron chi connectivity index (χ4n) is 3.11. The maximum absolute atomic E-state index is 10.4. The fourth-order valence-corrected chi connectivity index (χ4v) is 3.24. The van der Waals surface area contributed by atoms with Crippen molar-refractivity contribution in [1.29, 1.82) is 0 Å². The summed E-state index contributed by atoms with van der Waals surface area (Å²) >= 11 is 5.90. The molecule has 1 aliphatic rings. The second kappa shape index (κ2) is 11.0. The molecule has 0 saturated carbocycles. The summed E-state index contributed by atoms with van der Waals surface area (Å²) in [4.78, 5) is 9.10. The van der Waals surface area contributed by atoms with Crippen LogP contribution in [0.15, 0.2) is 29.3 Å². The van der Waals surface area contributed by atoms with Crippen molar-refractivity contribution in [2.45, 2.75) is 51.8 Å². The monoisotopic (exact) mass is 518 g/mol. The Labute approximate surface area is 188 Å². The number of benzene rings is 1. The second-order valence-electron chi connectivity index (χ2n) is 6.65. The summed E-state index contributed by atoms with van der Waals surface area (Å²) in [6.07, 6.45) is 2.06. The van der Waals surface area contributed by atoms with Gasteiger partial charge >= 0.3 is 0 Å². The summed E-state index contributed by atoms with van der Waals surface area (Å²) in [5.41, 5.74) is 0.802. The zero-order chi connectivity index (χ0) is 19.2. The molecule has 9 heteroatoms. The lowest BCUT2D eigenvalue weighted by Crippen LogP contribution is -2.47. The molecule has 0 aliphatic carbocycles. The van der Waals surface area contributed by atoms with Crippen LogP contribution < -0.4 is 10.6 Å². The number of halogens is 2. The van der Waals surface area contributed by atoms with Gasteiger partial charge < -0.3 is 15.7 Å². The van der Waals surface area contributed by atoms with Gasteiger partial charge in [-0.15, -0.1) is 24.0 Å². The summed E-state index contributed by atoms with van der Waals surface area (Å²) in [6, 6.07) is 7.42.